The molecular formula is C28H23FN4O3. The summed E-state index contributed by atoms with van der Waals surface area (Å²) in [4.78, 5) is 28.7. The molecule has 180 valence electrons. The second-order valence-corrected chi connectivity index (χ2v) is 8.56. The molecule has 0 aliphatic carbocycles. The van der Waals surface area contributed by atoms with Crippen LogP contribution >= 0.6 is 0 Å². The summed E-state index contributed by atoms with van der Waals surface area (Å²) in [6.07, 6.45) is 3.78. The number of imide groups is 1. The van der Waals surface area contributed by atoms with Crippen molar-refractivity contribution in [2.24, 2.45) is 0 Å². The van der Waals surface area contributed by atoms with E-state index in [2.05, 4.69) is 5.10 Å². The standard InChI is InChI=1S/C28H23FN4O3/c1-3-22-23(27(35)33(30-22)21-13-11-20(29)12-14-21)24-25(31-15-7-8-18(2)16-31)28(36)32(26(24)34)17-19-9-5-4-6-10-19/h4-16H,3,17H2,1-2H3. The van der Waals surface area contributed by atoms with E-state index in [-0.39, 0.29) is 23.4 Å². The molecule has 0 radical (unpaired) electrons. The monoisotopic (exact) mass is 482 g/mol. The van der Waals surface area contributed by atoms with Crippen molar-refractivity contribution in [3.8, 4) is 11.6 Å². The highest BCUT2D eigenvalue weighted by atomic mass is 19.1. The summed E-state index contributed by atoms with van der Waals surface area (Å²) < 4.78 is 16.2. The zero-order valence-corrected chi connectivity index (χ0v) is 19.8. The van der Waals surface area contributed by atoms with E-state index in [0.717, 1.165) is 20.7 Å². The summed E-state index contributed by atoms with van der Waals surface area (Å²) in [5.41, 5.74) is 2.62. The first-order valence-electron chi connectivity index (χ1n) is 11.6. The Morgan fingerprint density at radius 3 is 2.36 bits per heavy atom. The third-order valence-electron chi connectivity index (χ3n) is 6.11. The molecule has 4 aromatic rings. The van der Waals surface area contributed by atoms with E-state index in [0.29, 0.717) is 17.8 Å². The van der Waals surface area contributed by atoms with Crippen LogP contribution in [0.4, 0.5) is 4.39 Å². The number of aryl methyl sites for hydroxylation is 2. The fourth-order valence-corrected chi connectivity index (χ4v) is 4.37. The average Bonchev–Trinajstić information content (AvgIpc) is 3.33. The van der Waals surface area contributed by atoms with Crippen molar-refractivity contribution in [2.45, 2.75) is 26.8 Å². The number of hydrogen-bond donors (Lipinski definition) is 0. The molecule has 0 fully saturated rings. The maximum atomic E-state index is 13.8. The molecule has 5 rings (SSSR count). The Morgan fingerprint density at radius 1 is 0.972 bits per heavy atom. The lowest BCUT2D eigenvalue weighted by atomic mass is 10.0. The van der Waals surface area contributed by atoms with Crippen molar-refractivity contribution in [3.05, 3.63) is 107 Å². The van der Waals surface area contributed by atoms with Gasteiger partial charge in [-0.1, -0.05) is 37.3 Å². The SMILES string of the molecule is CCc1nn(-c2ccc(F)cc2)c([O-])c1C1=C([n+]2cccc(C)c2)C(=O)N(Cc2ccccc2)C1=O. The summed E-state index contributed by atoms with van der Waals surface area (Å²) in [5.74, 6) is -2.03. The summed E-state index contributed by atoms with van der Waals surface area (Å²) in [7, 11) is 0. The molecule has 2 aromatic carbocycles. The van der Waals surface area contributed by atoms with Gasteiger partial charge in [0.1, 0.15) is 11.4 Å². The van der Waals surface area contributed by atoms with Crippen LogP contribution in [0.25, 0.3) is 17.0 Å². The van der Waals surface area contributed by atoms with Gasteiger partial charge in [-0.05, 0) is 55.1 Å². The van der Waals surface area contributed by atoms with Crippen molar-refractivity contribution in [2.75, 3.05) is 0 Å². The minimum atomic E-state index is -0.557. The molecule has 8 heteroatoms. The molecule has 1 aliphatic rings. The van der Waals surface area contributed by atoms with Crippen LogP contribution in [-0.2, 0) is 22.6 Å². The number of hydrogen-bond acceptors (Lipinski definition) is 4. The number of nitrogens with zero attached hydrogens (tertiary/aromatic N) is 4. The molecule has 7 nitrogen and oxygen atoms in total. The maximum Gasteiger partial charge on any atom is 0.327 e. The first kappa shape index (κ1) is 23.2. The molecule has 0 N–H and O–H groups in total. The fraction of sp³-hybridized carbons (Fsp3) is 0.143. The largest absolute Gasteiger partial charge is 0.858 e. The van der Waals surface area contributed by atoms with Crippen LogP contribution in [0.3, 0.4) is 0 Å². The lowest BCUT2D eigenvalue weighted by Gasteiger charge is -2.15. The minimum absolute atomic E-state index is 0.0155. The summed E-state index contributed by atoms with van der Waals surface area (Å²) >= 11 is 0. The quantitative estimate of drug-likeness (QED) is 0.312. The van der Waals surface area contributed by atoms with Crippen LogP contribution in [-0.4, -0.2) is 26.5 Å². The van der Waals surface area contributed by atoms with Crippen LogP contribution in [0, 0.1) is 12.7 Å². The van der Waals surface area contributed by atoms with Gasteiger partial charge >= 0.3 is 5.91 Å². The van der Waals surface area contributed by atoms with Crippen molar-refractivity contribution >= 4 is 23.1 Å². The molecular weight excluding hydrogens is 459 g/mol. The van der Waals surface area contributed by atoms with Gasteiger partial charge < -0.3 is 5.11 Å². The number of amides is 2. The third-order valence-corrected chi connectivity index (χ3v) is 6.11. The van der Waals surface area contributed by atoms with Gasteiger partial charge in [-0.3, -0.25) is 14.5 Å². The van der Waals surface area contributed by atoms with Gasteiger partial charge in [0.25, 0.3) is 11.6 Å². The van der Waals surface area contributed by atoms with E-state index in [4.69, 9.17) is 0 Å². The zero-order valence-electron chi connectivity index (χ0n) is 19.8. The van der Waals surface area contributed by atoms with Gasteiger partial charge in [0.05, 0.1) is 17.9 Å². The molecule has 2 amide bonds. The molecule has 1 aliphatic heterocycles. The van der Waals surface area contributed by atoms with Crippen LogP contribution in [0.15, 0.2) is 79.1 Å². The number of aromatic nitrogens is 3. The third kappa shape index (κ3) is 3.96. The summed E-state index contributed by atoms with van der Waals surface area (Å²) in [6, 6.07) is 18.2. The first-order chi connectivity index (χ1) is 17.4. The maximum absolute atomic E-state index is 13.8. The Kier molecular flexibility index (Phi) is 5.93. The smallest absolute Gasteiger partial charge is 0.327 e. The second kappa shape index (κ2) is 9.22. The van der Waals surface area contributed by atoms with E-state index >= 15 is 0 Å². The van der Waals surface area contributed by atoms with Gasteiger partial charge in [-0.15, -0.1) is 0 Å². The van der Waals surface area contributed by atoms with E-state index in [1.807, 2.05) is 50.2 Å². The molecule has 0 atom stereocenters. The molecule has 0 spiro atoms. The van der Waals surface area contributed by atoms with Crippen molar-refractivity contribution in [1.82, 2.24) is 14.7 Å². The first-order valence-corrected chi connectivity index (χ1v) is 11.6. The second-order valence-electron chi connectivity index (χ2n) is 8.56. The topological polar surface area (TPSA) is 82.1 Å². The van der Waals surface area contributed by atoms with E-state index < -0.39 is 23.5 Å². The lowest BCUT2D eigenvalue weighted by Crippen LogP contribution is -2.39. The molecule has 0 bridgehead atoms. The Balaban J connectivity index is 1.71. The van der Waals surface area contributed by atoms with Crippen molar-refractivity contribution in [1.29, 1.82) is 0 Å². The van der Waals surface area contributed by atoms with Gasteiger partial charge in [0.2, 0.25) is 0 Å². The van der Waals surface area contributed by atoms with Crippen LogP contribution in [0.1, 0.15) is 29.3 Å². The Bertz CT molecular complexity index is 1510. The summed E-state index contributed by atoms with van der Waals surface area (Å²) in [6.45, 7) is 3.77. The van der Waals surface area contributed by atoms with E-state index in [1.54, 1.807) is 23.0 Å². The molecule has 0 saturated carbocycles. The van der Waals surface area contributed by atoms with Crippen molar-refractivity contribution < 1.29 is 23.7 Å². The number of benzene rings is 2. The van der Waals surface area contributed by atoms with Crippen LogP contribution < -0.4 is 9.67 Å². The van der Waals surface area contributed by atoms with Gasteiger partial charge in [-0.25, -0.2) is 9.07 Å². The van der Waals surface area contributed by atoms with Gasteiger partial charge in [0.15, 0.2) is 12.4 Å². The van der Waals surface area contributed by atoms with Gasteiger partial charge in [0, 0.05) is 17.2 Å². The molecule has 36 heavy (non-hydrogen) atoms. The molecule has 2 aromatic heterocycles. The van der Waals surface area contributed by atoms with Gasteiger partial charge in [-0.2, -0.15) is 9.67 Å². The van der Waals surface area contributed by atoms with Crippen LogP contribution in [0.2, 0.25) is 0 Å². The highest BCUT2D eigenvalue weighted by Crippen LogP contribution is 2.37. The van der Waals surface area contributed by atoms with E-state index in [1.165, 1.54) is 24.3 Å². The Morgan fingerprint density at radius 2 is 1.69 bits per heavy atom. The number of pyridine rings is 1. The highest BCUT2D eigenvalue weighted by Gasteiger charge is 2.46. The zero-order chi connectivity index (χ0) is 25.4. The molecule has 3 heterocycles. The molecule has 0 saturated heterocycles. The number of carbonyl (C=O) groups is 2. The number of rotatable bonds is 6. The Labute approximate surface area is 207 Å². The normalized spacial score (nSPS) is 13.7. The molecule has 0 unspecified atom stereocenters. The number of halogens is 1. The lowest BCUT2D eigenvalue weighted by molar-refractivity contribution is -0.577. The van der Waals surface area contributed by atoms with Crippen molar-refractivity contribution in [3.63, 3.8) is 0 Å². The predicted molar refractivity (Wildman–Crippen MR) is 129 cm³/mol. The van der Waals surface area contributed by atoms with E-state index in [9.17, 15) is 19.1 Å². The number of carbonyl (C=O) groups excluding carboxylic acids is 2. The Hall–Kier alpha value is -4.59. The predicted octanol–water partition coefficient (Wildman–Crippen LogP) is 3.18. The van der Waals surface area contributed by atoms with Crippen LogP contribution in [0.5, 0.6) is 5.88 Å². The fourth-order valence-electron chi connectivity index (χ4n) is 4.37. The minimum Gasteiger partial charge on any atom is -0.858 e. The highest BCUT2D eigenvalue weighted by molar-refractivity contribution is 6.44. The summed E-state index contributed by atoms with van der Waals surface area (Å²) in [5, 5.41) is 18.1. The average molecular weight is 483 g/mol.